The number of methoxy groups -OCH3 is 1. The number of ether oxygens (including phenoxy) is 7. The van der Waals surface area contributed by atoms with E-state index in [2.05, 4.69) is 10.0 Å². The fourth-order valence-corrected chi connectivity index (χ4v) is 4.22. The Labute approximate surface area is 235 Å². The van der Waals surface area contributed by atoms with E-state index in [1.807, 2.05) is 54.6 Å². The van der Waals surface area contributed by atoms with Crippen LogP contribution in [0.3, 0.4) is 0 Å². The second kappa shape index (κ2) is 15.6. The summed E-state index contributed by atoms with van der Waals surface area (Å²) in [6.45, 7) is 7.74. The van der Waals surface area contributed by atoms with Crippen LogP contribution in [0.25, 0.3) is 10.4 Å². The van der Waals surface area contributed by atoms with Crippen LogP contribution in [0.1, 0.15) is 38.8 Å². The number of azide groups is 1. The monoisotopic (exact) mass is 557 g/mol. The number of carbonyl (C=O) groups excluding carboxylic acids is 1. The predicted octanol–water partition coefficient (Wildman–Crippen LogP) is 4.96. The molecule has 0 amide bonds. The van der Waals surface area contributed by atoms with Gasteiger partial charge in [-0.3, -0.25) is 0 Å². The Morgan fingerprint density at radius 1 is 0.975 bits per heavy atom. The molecule has 1 saturated heterocycles. The van der Waals surface area contributed by atoms with E-state index in [9.17, 15) is 10.3 Å². The first-order chi connectivity index (χ1) is 19.2. The molecular weight excluding hydrogens is 518 g/mol. The molecule has 2 aromatic carbocycles. The Morgan fingerprint density at radius 3 is 2.30 bits per heavy atom. The average Bonchev–Trinajstić information content (AvgIpc) is 2.92. The molecular formula is C29H39N3O8. The highest BCUT2D eigenvalue weighted by Gasteiger charge is 2.48. The van der Waals surface area contributed by atoms with E-state index in [0.717, 1.165) is 16.9 Å². The van der Waals surface area contributed by atoms with Gasteiger partial charge < -0.3 is 33.2 Å². The number of nitrogens with zero attached hydrogens (tertiary/aromatic N) is 3. The summed E-state index contributed by atoms with van der Waals surface area (Å²) in [6.07, 6.45) is -3.26. The van der Waals surface area contributed by atoms with Crippen LogP contribution in [0, 0.1) is 0 Å². The van der Waals surface area contributed by atoms with Crippen molar-refractivity contribution in [2.24, 2.45) is 5.11 Å². The van der Waals surface area contributed by atoms with Crippen LogP contribution < -0.4 is 4.74 Å². The van der Waals surface area contributed by atoms with Crippen molar-refractivity contribution in [2.75, 3.05) is 26.9 Å². The van der Waals surface area contributed by atoms with Crippen LogP contribution >= 0.6 is 0 Å². The summed E-state index contributed by atoms with van der Waals surface area (Å²) in [7, 11) is 1.60. The molecule has 0 bridgehead atoms. The van der Waals surface area contributed by atoms with Gasteiger partial charge in [0.1, 0.15) is 42.3 Å². The molecule has 3 rings (SSSR count). The van der Waals surface area contributed by atoms with E-state index >= 15 is 0 Å². The fraction of sp³-hybridized carbons (Fsp3) is 0.552. The third-order valence-electron chi connectivity index (χ3n) is 5.94. The van der Waals surface area contributed by atoms with E-state index < -0.39 is 42.2 Å². The molecule has 11 nitrogen and oxygen atoms in total. The lowest BCUT2D eigenvalue weighted by Gasteiger charge is -2.44. The molecule has 1 aliphatic heterocycles. The zero-order chi connectivity index (χ0) is 29.0. The second-order valence-corrected chi connectivity index (χ2v) is 10.2. The maximum atomic E-state index is 12.5. The molecule has 40 heavy (non-hydrogen) atoms. The van der Waals surface area contributed by atoms with Crippen molar-refractivity contribution in [3.05, 3.63) is 76.2 Å². The van der Waals surface area contributed by atoms with Gasteiger partial charge in [0.05, 0.1) is 26.9 Å². The average molecular weight is 558 g/mol. The van der Waals surface area contributed by atoms with Crippen molar-refractivity contribution in [3.8, 4) is 5.75 Å². The topological polar surface area (TPSA) is 130 Å². The van der Waals surface area contributed by atoms with Gasteiger partial charge in [0.15, 0.2) is 6.29 Å². The zero-order valence-corrected chi connectivity index (χ0v) is 23.7. The molecule has 0 radical (unpaired) electrons. The first-order valence-corrected chi connectivity index (χ1v) is 13.2. The third-order valence-corrected chi connectivity index (χ3v) is 5.94. The number of hydrogen-bond donors (Lipinski definition) is 0. The summed E-state index contributed by atoms with van der Waals surface area (Å²) in [5, 5.41) is 3.92. The van der Waals surface area contributed by atoms with Crippen molar-refractivity contribution < 1.29 is 38.0 Å². The fourth-order valence-electron chi connectivity index (χ4n) is 4.22. The lowest BCUT2D eigenvalue weighted by Crippen LogP contribution is -2.60. The van der Waals surface area contributed by atoms with Gasteiger partial charge in [-0.1, -0.05) is 47.6 Å². The van der Waals surface area contributed by atoms with Crippen LogP contribution in [-0.4, -0.2) is 69.1 Å². The minimum Gasteiger partial charge on any atom is -0.497 e. The van der Waals surface area contributed by atoms with Crippen LogP contribution in [0.2, 0.25) is 0 Å². The SMILES string of the molecule is CCO[C@@H]1OC(COCc2ccccc2)[C@H](OCc2ccc(OC)cc2)[C@H](OCC(=O)OC(C)(C)C)C1N=[N+]=[N-]. The van der Waals surface area contributed by atoms with Gasteiger partial charge in [0, 0.05) is 11.5 Å². The predicted molar refractivity (Wildman–Crippen MR) is 146 cm³/mol. The Balaban J connectivity index is 1.85. The van der Waals surface area contributed by atoms with Crippen molar-refractivity contribution in [3.63, 3.8) is 0 Å². The van der Waals surface area contributed by atoms with E-state index in [1.165, 1.54) is 0 Å². The van der Waals surface area contributed by atoms with Crippen LogP contribution in [0.4, 0.5) is 0 Å². The Morgan fingerprint density at radius 2 is 1.68 bits per heavy atom. The summed E-state index contributed by atoms with van der Waals surface area (Å²) < 4.78 is 41.1. The highest BCUT2D eigenvalue weighted by Crippen LogP contribution is 2.30. The lowest BCUT2D eigenvalue weighted by atomic mass is 9.96. The van der Waals surface area contributed by atoms with Gasteiger partial charge in [-0.05, 0) is 56.5 Å². The quantitative estimate of drug-likeness (QED) is 0.138. The van der Waals surface area contributed by atoms with E-state index in [-0.39, 0.29) is 19.8 Å². The van der Waals surface area contributed by atoms with Gasteiger partial charge >= 0.3 is 5.97 Å². The molecule has 1 aliphatic rings. The second-order valence-electron chi connectivity index (χ2n) is 10.2. The Bertz CT molecular complexity index is 1090. The summed E-state index contributed by atoms with van der Waals surface area (Å²) >= 11 is 0. The summed E-state index contributed by atoms with van der Waals surface area (Å²) in [5.74, 6) is 0.163. The highest BCUT2D eigenvalue weighted by atomic mass is 16.7. The molecule has 0 saturated carbocycles. The third kappa shape index (κ3) is 9.78. The maximum Gasteiger partial charge on any atom is 0.332 e. The summed E-state index contributed by atoms with van der Waals surface area (Å²) in [6, 6.07) is 16.2. The van der Waals surface area contributed by atoms with Gasteiger partial charge in [-0.15, -0.1) is 0 Å². The Hall–Kier alpha value is -3.18. The van der Waals surface area contributed by atoms with Crippen LogP contribution in [0.15, 0.2) is 59.7 Å². The summed E-state index contributed by atoms with van der Waals surface area (Å²) in [4.78, 5) is 15.5. The number of carbonyl (C=O) groups is 1. The lowest BCUT2D eigenvalue weighted by molar-refractivity contribution is -0.284. The van der Waals surface area contributed by atoms with Crippen molar-refractivity contribution in [1.82, 2.24) is 0 Å². The first-order valence-electron chi connectivity index (χ1n) is 13.2. The van der Waals surface area contributed by atoms with Crippen molar-refractivity contribution in [1.29, 1.82) is 0 Å². The van der Waals surface area contributed by atoms with Crippen LogP contribution in [0.5, 0.6) is 5.75 Å². The molecule has 1 fully saturated rings. The van der Waals surface area contributed by atoms with E-state index in [0.29, 0.717) is 13.2 Å². The molecule has 2 unspecified atom stereocenters. The number of hydrogen-bond acceptors (Lipinski definition) is 9. The molecule has 0 aromatic heterocycles. The molecule has 0 N–H and O–H groups in total. The maximum absolute atomic E-state index is 12.5. The van der Waals surface area contributed by atoms with Gasteiger partial charge in [0.2, 0.25) is 0 Å². The van der Waals surface area contributed by atoms with Crippen molar-refractivity contribution in [2.45, 2.75) is 77.2 Å². The minimum absolute atomic E-state index is 0.140. The Kier molecular flexibility index (Phi) is 12.2. The molecule has 1 heterocycles. The number of esters is 1. The van der Waals surface area contributed by atoms with Gasteiger partial charge in [-0.25, -0.2) is 4.79 Å². The molecule has 0 spiro atoms. The normalized spacial score (nSPS) is 22.8. The standard InChI is InChI=1S/C29H39N3O8/c1-6-36-28-25(31-32-30)27(38-19-24(33)40-29(2,3)4)26(37-17-21-12-14-22(34-5)15-13-21)23(39-28)18-35-16-20-10-8-7-9-11-20/h7-15,23,25-28H,6,16-19H2,1-5H3/t23?,25?,26-,27+,28+/m0/s1. The van der Waals surface area contributed by atoms with E-state index in [1.54, 1.807) is 34.8 Å². The zero-order valence-electron chi connectivity index (χ0n) is 23.7. The largest absolute Gasteiger partial charge is 0.497 e. The number of benzene rings is 2. The highest BCUT2D eigenvalue weighted by molar-refractivity contribution is 5.71. The molecule has 0 aliphatic carbocycles. The molecule has 218 valence electrons. The van der Waals surface area contributed by atoms with Crippen molar-refractivity contribution >= 4 is 5.97 Å². The molecule has 11 heteroatoms. The number of rotatable bonds is 14. The minimum atomic E-state index is -0.935. The van der Waals surface area contributed by atoms with Gasteiger partial charge in [0.25, 0.3) is 0 Å². The van der Waals surface area contributed by atoms with Gasteiger partial charge in [-0.2, -0.15) is 0 Å². The van der Waals surface area contributed by atoms with E-state index in [4.69, 9.17) is 33.2 Å². The molecule has 5 atom stereocenters. The smallest absolute Gasteiger partial charge is 0.332 e. The van der Waals surface area contributed by atoms with Crippen LogP contribution in [-0.2, 0) is 46.4 Å². The molecule has 2 aromatic rings. The summed E-state index contributed by atoms with van der Waals surface area (Å²) in [5.41, 5.74) is 10.5. The first kappa shape index (κ1) is 31.3.